The van der Waals surface area contributed by atoms with Crippen molar-refractivity contribution in [2.24, 2.45) is 5.41 Å². The van der Waals surface area contributed by atoms with Crippen LogP contribution in [-0.2, 0) is 0 Å². The molecule has 0 bridgehead atoms. The molecule has 20 heavy (non-hydrogen) atoms. The minimum absolute atomic E-state index is 0.204. The Kier molecular flexibility index (Phi) is 6.05. The normalized spacial score (nSPS) is 15.7. The van der Waals surface area contributed by atoms with E-state index in [9.17, 15) is 0 Å². The van der Waals surface area contributed by atoms with Crippen LogP contribution < -0.4 is 0 Å². The van der Waals surface area contributed by atoms with Gasteiger partial charge in [-0.05, 0) is 44.1 Å². The van der Waals surface area contributed by atoms with Crippen molar-refractivity contribution in [3.8, 4) is 0 Å². The van der Waals surface area contributed by atoms with Crippen LogP contribution in [0.4, 0.5) is 0 Å². The molecule has 2 atom stereocenters. The van der Waals surface area contributed by atoms with E-state index < -0.39 is 0 Å². The van der Waals surface area contributed by atoms with E-state index in [1.807, 2.05) is 0 Å². The van der Waals surface area contributed by atoms with Gasteiger partial charge in [-0.3, -0.25) is 0 Å². The van der Waals surface area contributed by atoms with Gasteiger partial charge in [-0.15, -0.1) is 0 Å². The fourth-order valence-corrected chi connectivity index (χ4v) is 3.17. The van der Waals surface area contributed by atoms with E-state index in [0.29, 0.717) is 5.92 Å². The molecule has 0 saturated carbocycles. The number of unbranched alkanes of at least 4 members (excludes halogenated alkanes) is 2. The monoisotopic (exact) mass is 272 g/mol. The summed E-state index contributed by atoms with van der Waals surface area (Å²) in [6.07, 6.45) is 5.14. The molecule has 0 aliphatic carbocycles. The molecule has 0 aliphatic rings. The zero-order valence-corrected chi connectivity index (χ0v) is 14.3. The summed E-state index contributed by atoms with van der Waals surface area (Å²) in [5, 5.41) is 0. The van der Waals surface area contributed by atoms with Gasteiger partial charge in [-0.1, -0.05) is 81.5 Å². The van der Waals surface area contributed by atoms with Crippen molar-refractivity contribution >= 4 is 0 Å². The maximum atomic E-state index is 4.30. The molecule has 0 saturated heterocycles. The molecule has 0 radical (unpaired) electrons. The van der Waals surface area contributed by atoms with Gasteiger partial charge in [0.05, 0.1) is 0 Å². The number of hydrogen-bond acceptors (Lipinski definition) is 0. The highest BCUT2D eigenvalue weighted by Crippen LogP contribution is 2.45. The van der Waals surface area contributed by atoms with Crippen LogP contribution in [0.3, 0.4) is 0 Å². The van der Waals surface area contributed by atoms with Crippen molar-refractivity contribution in [3.63, 3.8) is 0 Å². The summed E-state index contributed by atoms with van der Waals surface area (Å²) in [6.45, 7) is 17.9. The summed E-state index contributed by atoms with van der Waals surface area (Å²) in [5.74, 6) is 0.524. The van der Waals surface area contributed by atoms with Gasteiger partial charge in [0.1, 0.15) is 0 Å². The minimum atomic E-state index is 0.204. The summed E-state index contributed by atoms with van der Waals surface area (Å²) >= 11 is 0. The van der Waals surface area contributed by atoms with Gasteiger partial charge in [-0.2, -0.15) is 0 Å². The molecule has 0 N–H and O–H groups in total. The molecule has 1 aromatic rings. The molecule has 0 fully saturated rings. The first-order chi connectivity index (χ1) is 9.31. The van der Waals surface area contributed by atoms with Crippen LogP contribution in [0.1, 0.15) is 76.0 Å². The van der Waals surface area contributed by atoms with E-state index in [2.05, 4.69) is 66.3 Å². The Hall–Kier alpha value is -1.04. The van der Waals surface area contributed by atoms with Crippen LogP contribution in [-0.4, -0.2) is 0 Å². The van der Waals surface area contributed by atoms with Crippen molar-refractivity contribution in [3.05, 3.63) is 47.0 Å². The molecule has 0 heterocycles. The molecule has 2 unspecified atom stereocenters. The third-order valence-corrected chi connectivity index (χ3v) is 4.97. The molecule has 0 nitrogen and oxygen atoms in total. The molecular weight excluding hydrogens is 240 g/mol. The Labute approximate surface area is 126 Å². The van der Waals surface area contributed by atoms with Crippen LogP contribution in [0, 0.1) is 19.3 Å². The lowest BCUT2D eigenvalue weighted by Gasteiger charge is -2.37. The zero-order valence-electron chi connectivity index (χ0n) is 14.3. The van der Waals surface area contributed by atoms with Crippen molar-refractivity contribution in [2.75, 3.05) is 0 Å². The lowest BCUT2D eigenvalue weighted by atomic mass is 9.67. The largest absolute Gasteiger partial charge is 0.0996 e. The maximum Gasteiger partial charge on any atom is -0.00558 e. The Morgan fingerprint density at radius 3 is 2.15 bits per heavy atom. The molecule has 1 aromatic carbocycles. The van der Waals surface area contributed by atoms with Crippen molar-refractivity contribution in [2.45, 2.75) is 73.1 Å². The topological polar surface area (TPSA) is 0 Å². The standard InChI is InChI=1S/C20H32/c1-8-9-10-11-20(7,15(2)3)18(6)19-13-16(4)12-17(5)14-19/h12-14,18H,2,8-11H2,1,3-7H3. The first-order valence-corrected chi connectivity index (χ1v) is 8.05. The molecule has 0 heteroatoms. The zero-order chi connectivity index (χ0) is 15.3. The molecule has 0 aromatic heterocycles. The van der Waals surface area contributed by atoms with Crippen LogP contribution >= 0.6 is 0 Å². The first-order valence-electron chi connectivity index (χ1n) is 8.05. The number of rotatable bonds is 7. The van der Waals surface area contributed by atoms with E-state index in [1.165, 1.54) is 47.9 Å². The molecule has 1 rings (SSSR count). The molecule has 0 aliphatic heterocycles. The first kappa shape index (κ1) is 17.0. The van der Waals surface area contributed by atoms with Crippen molar-refractivity contribution in [1.29, 1.82) is 0 Å². The van der Waals surface area contributed by atoms with Gasteiger partial charge in [0.2, 0.25) is 0 Å². The fraction of sp³-hybridized carbons (Fsp3) is 0.600. The quantitative estimate of drug-likeness (QED) is 0.389. The number of hydrogen-bond donors (Lipinski definition) is 0. The van der Waals surface area contributed by atoms with Crippen LogP contribution in [0.15, 0.2) is 30.4 Å². The Balaban J connectivity index is 3.03. The second-order valence-electron chi connectivity index (χ2n) is 6.80. The average Bonchev–Trinajstić information content (AvgIpc) is 2.36. The van der Waals surface area contributed by atoms with E-state index in [-0.39, 0.29) is 5.41 Å². The van der Waals surface area contributed by atoms with Gasteiger partial charge < -0.3 is 0 Å². The average molecular weight is 272 g/mol. The number of benzene rings is 1. The van der Waals surface area contributed by atoms with Crippen LogP contribution in [0.5, 0.6) is 0 Å². The highest BCUT2D eigenvalue weighted by Gasteiger charge is 2.32. The predicted molar refractivity (Wildman–Crippen MR) is 91.4 cm³/mol. The van der Waals surface area contributed by atoms with Gasteiger partial charge in [0, 0.05) is 0 Å². The summed E-state index contributed by atoms with van der Waals surface area (Å²) < 4.78 is 0. The summed E-state index contributed by atoms with van der Waals surface area (Å²) in [5.41, 5.74) is 5.72. The molecule has 0 spiro atoms. The second-order valence-corrected chi connectivity index (χ2v) is 6.80. The predicted octanol–water partition coefficient (Wildman–Crippen LogP) is 6.57. The van der Waals surface area contributed by atoms with Crippen molar-refractivity contribution in [1.82, 2.24) is 0 Å². The van der Waals surface area contributed by atoms with Gasteiger partial charge in [0.25, 0.3) is 0 Å². The smallest absolute Gasteiger partial charge is 0.00558 e. The van der Waals surface area contributed by atoms with E-state index in [4.69, 9.17) is 0 Å². The molecule has 0 amide bonds. The lowest BCUT2D eigenvalue weighted by molar-refractivity contribution is 0.292. The van der Waals surface area contributed by atoms with E-state index in [1.54, 1.807) is 0 Å². The van der Waals surface area contributed by atoms with Gasteiger partial charge in [0.15, 0.2) is 0 Å². The Morgan fingerprint density at radius 1 is 1.15 bits per heavy atom. The summed E-state index contributed by atoms with van der Waals surface area (Å²) in [6, 6.07) is 6.95. The van der Waals surface area contributed by atoms with Gasteiger partial charge in [-0.25, -0.2) is 0 Å². The van der Waals surface area contributed by atoms with Crippen molar-refractivity contribution < 1.29 is 0 Å². The fourth-order valence-electron chi connectivity index (χ4n) is 3.17. The molecular formula is C20H32. The SMILES string of the molecule is C=C(C)C(C)(CCCCC)C(C)c1cc(C)cc(C)c1. The highest BCUT2D eigenvalue weighted by atomic mass is 14.4. The highest BCUT2D eigenvalue weighted by molar-refractivity contribution is 5.33. The summed E-state index contributed by atoms with van der Waals surface area (Å²) in [4.78, 5) is 0. The minimum Gasteiger partial charge on any atom is -0.0996 e. The molecule has 112 valence electrons. The number of aryl methyl sites for hydroxylation is 2. The third kappa shape index (κ3) is 3.98. The third-order valence-electron chi connectivity index (χ3n) is 4.97. The Bertz CT molecular complexity index is 435. The lowest BCUT2D eigenvalue weighted by Crippen LogP contribution is -2.25. The maximum absolute atomic E-state index is 4.30. The summed E-state index contributed by atoms with van der Waals surface area (Å²) in [7, 11) is 0. The second kappa shape index (κ2) is 7.11. The van der Waals surface area contributed by atoms with Crippen LogP contribution in [0.2, 0.25) is 0 Å². The van der Waals surface area contributed by atoms with Crippen LogP contribution in [0.25, 0.3) is 0 Å². The van der Waals surface area contributed by atoms with E-state index >= 15 is 0 Å². The van der Waals surface area contributed by atoms with E-state index in [0.717, 1.165) is 0 Å². The Morgan fingerprint density at radius 2 is 1.70 bits per heavy atom. The van der Waals surface area contributed by atoms with Gasteiger partial charge >= 0.3 is 0 Å². The number of allylic oxidation sites excluding steroid dienone is 1.